The molecule has 7 nitrogen and oxygen atoms in total. The van der Waals surface area contributed by atoms with Gasteiger partial charge in [0.25, 0.3) is 0 Å². The van der Waals surface area contributed by atoms with E-state index in [1.54, 1.807) is 17.9 Å². The number of carbonyl (C=O) groups is 1. The lowest BCUT2D eigenvalue weighted by Crippen LogP contribution is -2.45. The fourth-order valence-electron chi connectivity index (χ4n) is 3.21. The number of amides is 1. The van der Waals surface area contributed by atoms with Gasteiger partial charge in [0.1, 0.15) is 12.1 Å². The minimum Gasteiger partial charge on any atom is -0.364 e. The van der Waals surface area contributed by atoms with Gasteiger partial charge in [0.15, 0.2) is 11.6 Å². The third kappa shape index (κ3) is 2.96. The highest BCUT2D eigenvalue weighted by molar-refractivity contribution is 5.89. The van der Waals surface area contributed by atoms with Crippen molar-refractivity contribution in [2.45, 2.75) is 24.9 Å². The van der Waals surface area contributed by atoms with Crippen molar-refractivity contribution in [3.63, 3.8) is 0 Å². The smallest absolute Gasteiger partial charge is 0.220 e. The molecule has 2 N–H and O–H groups in total. The fourth-order valence-corrected chi connectivity index (χ4v) is 3.21. The maximum Gasteiger partial charge on any atom is 0.220 e. The number of aryl methyl sites for hydroxylation is 1. The predicted octanol–water partition coefficient (Wildman–Crippen LogP) is 2.07. The van der Waals surface area contributed by atoms with Crippen LogP contribution in [0.4, 0.5) is 14.6 Å². The van der Waals surface area contributed by atoms with Gasteiger partial charge in [-0.1, -0.05) is 0 Å². The summed E-state index contributed by atoms with van der Waals surface area (Å²) in [6, 6.07) is 1.63. The number of halogens is 2. The summed E-state index contributed by atoms with van der Waals surface area (Å²) in [5.74, 6) is -1.57. The minimum atomic E-state index is -0.962. The molecule has 3 heterocycles. The van der Waals surface area contributed by atoms with E-state index in [1.807, 2.05) is 6.20 Å². The monoisotopic (exact) mass is 358 g/mol. The highest BCUT2D eigenvalue weighted by atomic mass is 19.2. The van der Waals surface area contributed by atoms with Crippen LogP contribution in [0.2, 0.25) is 0 Å². The van der Waals surface area contributed by atoms with Gasteiger partial charge in [-0.15, -0.1) is 0 Å². The average molecular weight is 358 g/mol. The largest absolute Gasteiger partial charge is 0.364 e. The van der Waals surface area contributed by atoms with Gasteiger partial charge < -0.3 is 10.6 Å². The Balaban J connectivity index is 1.69. The summed E-state index contributed by atoms with van der Waals surface area (Å²) >= 11 is 0. The molecule has 134 valence electrons. The van der Waals surface area contributed by atoms with E-state index in [0.717, 1.165) is 17.7 Å². The normalized spacial score (nSPS) is 20.2. The van der Waals surface area contributed by atoms with E-state index < -0.39 is 11.6 Å². The van der Waals surface area contributed by atoms with Crippen molar-refractivity contribution in [3.05, 3.63) is 48.1 Å². The van der Waals surface area contributed by atoms with Gasteiger partial charge in [-0.05, 0) is 12.5 Å². The van der Waals surface area contributed by atoms with E-state index in [0.29, 0.717) is 29.6 Å². The molecule has 1 aliphatic heterocycles. The van der Waals surface area contributed by atoms with Gasteiger partial charge in [-0.2, -0.15) is 5.10 Å². The average Bonchev–Trinajstić information content (AvgIpc) is 3.04. The summed E-state index contributed by atoms with van der Waals surface area (Å²) in [6.07, 6.45) is 5.75. The molecular weight excluding hydrogens is 342 g/mol. The molecule has 9 heteroatoms. The van der Waals surface area contributed by atoms with Gasteiger partial charge in [-0.25, -0.2) is 18.7 Å². The molecule has 3 aromatic rings. The Hall–Kier alpha value is -3.10. The van der Waals surface area contributed by atoms with E-state index in [9.17, 15) is 13.6 Å². The zero-order chi connectivity index (χ0) is 18.3. The van der Waals surface area contributed by atoms with Crippen LogP contribution in [-0.2, 0) is 11.8 Å². The molecule has 0 saturated carbocycles. The zero-order valence-electron chi connectivity index (χ0n) is 13.9. The first-order valence-corrected chi connectivity index (χ1v) is 8.15. The van der Waals surface area contributed by atoms with Crippen LogP contribution in [0.1, 0.15) is 24.4 Å². The van der Waals surface area contributed by atoms with Crippen LogP contribution in [0.5, 0.6) is 0 Å². The second-order valence-electron chi connectivity index (χ2n) is 6.29. The molecule has 2 aromatic heterocycles. The zero-order valence-corrected chi connectivity index (χ0v) is 13.9. The maximum atomic E-state index is 13.7. The summed E-state index contributed by atoms with van der Waals surface area (Å²) in [7, 11) is 1.80. The molecule has 1 aliphatic rings. The van der Waals surface area contributed by atoms with E-state index in [-0.39, 0.29) is 18.0 Å². The SMILES string of the molecule is Cn1cc([C@@H]2NC(=O)CC[C@H]2Nc2ncnc3cc(F)c(F)cc23)cn1. The van der Waals surface area contributed by atoms with Crippen LogP contribution in [0.3, 0.4) is 0 Å². The maximum absolute atomic E-state index is 13.7. The molecule has 4 rings (SSSR count). The van der Waals surface area contributed by atoms with Crippen molar-refractivity contribution < 1.29 is 13.6 Å². The Labute approximate surface area is 147 Å². The van der Waals surface area contributed by atoms with Gasteiger partial charge in [0, 0.05) is 36.7 Å². The molecule has 0 spiro atoms. The lowest BCUT2D eigenvalue weighted by molar-refractivity contribution is -0.123. The van der Waals surface area contributed by atoms with Crippen LogP contribution >= 0.6 is 0 Å². The van der Waals surface area contributed by atoms with Crippen LogP contribution in [0, 0.1) is 11.6 Å². The molecule has 0 radical (unpaired) electrons. The number of piperidine rings is 1. The second-order valence-corrected chi connectivity index (χ2v) is 6.29. The highest BCUT2D eigenvalue weighted by Crippen LogP contribution is 2.29. The Kier molecular flexibility index (Phi) is 3.98. The fraction of sp³-hybridized carbons (Fsp3) is 0.294. The van der Waals surface area contributed by atoms with E-state index in [2.05, 4.69) is 25.7 Å². The van der Waals surface area contributed by atoms with Crippen LogP contribution in [0.15, 0.2) is 30.9 Å². The first kappa shape index (κ1) is 16.4. The molecule has 1 amide bonds. The van der Waals surface area contributed by atoms with Gasteiger partial charge in [0.2, 0.25) is 5.91 Å². The number of aromatic nitrogens is 4. The first-order valence-electron chi connectivity index (χ1n) is 8.15. The highest BCUT2D eigenvalue weighted by Gasteiger charge is 2.31. The second kappa shape index (κ2) is 6.32. The van der Waals surface area contributed by atoms with Crippen molar-refractivity contribution in [3.8, 4) is 0 Å². The lowest BCUT2D eigenvalue weighted by Gasteiger charge is -2.32. The van der Waals surface area contributed by atoms with Crippen LogP contribution in [0.25, 0.3) is 10.9 Å². The number of fused-ring (bicyclic) bond motifs is 1. The Bertz CT molecular complexity index is 989. The Morgan fingerprint density at radius 2 is 2.08 bits per heavy atom. The Morgan fingerprint density at radius 1 is 1.27 bits per heavy atom. The molecule has 0 bridgehead atoms. The third-order valence-electron chi connectivity index (χ3n) is 4.48. The van der Waals surface area contributed by atoms with E-state index >= 15 is 0 Å². The molecule has 26 heavy (non-hydrogen) atoms. The minimum absolute atomic E-state index is 0.0439. The van der Waals surface area contributed by atoms with Crippen LogP contribution < -0.4 is 10.6 Å². The van der Waals surface area contributed by atoms with Crippen molar-refractivity contribution in [2.24, 2.45) is 7.05 Å². The molecule has 1 aromatic carbocycles. The number of hydrogen-bond donors (Lipinski definition) is 2. The number of nitrogens with one attached hydrogen (secondary N) is 2. The lowest BCUT2D eigenvalue weighted by atomic mass is 9.93. The number of anilines is 1. The summed E-state index contributed by atoms with van der Waals surface area (Å²) in [5.41, 5.74) is 1.16. The number of benzene rings is 1. The summed E-state index contributed by atoms with van der Waals surface area (Å²) < 4.78 is 28.8. The summed E-state index contributed by atoms with van der Waals surface area (Å²) in [4.78, 5) is 20.0. The van der Waals surface area contributed by atoms with Gasteiger partial charge in [0.05, 0.1) is 23.8 Å². The van der Waals surface area contributed by atoms with Gasteiger partial charge >= 0.3 is 0 Å². The molecule has 1 fully saturated rings. The number of nitrogens with zero attached hydrogens (tertiary/aromatic N) is 4. The molecule has 0 aliphatic carbocycles. The quantitative estimate of drug-likeness (QED) is 0.749. The van der Waals surface area contributed by atoms with E-state index in [4.69, 9.17) is 0 Å². The molecule has 0 unspecified atom stereocenters. The van der Waals surface area contributed by atoms with Crippen LogP contribution in [-0.4, -0.2) is 31.7 Å². The molecule has 2 atom stereocenters. The summed E-state index contributed by atoms with van der Waals surface area (Å²) in [5, 5.41) is 10.7. The standard InChI is InChI=1S/C17H16F2N6O/c1-25-7-9(6-22-25)16-13(2-3-15(26)24-16)23-17-10-4-11(18)12(19)5-14(10)20-8-21-17/h4-8,13,16H,2-3H2,1H3,(H,24,26)(H,20,21,23)/t13-,16+/m1/s1. The van der Waals surface area contributed by atoms with Crippen molar-refractivity contribution in [1.82, 2.24) is 25.1 Å². The van der Waals surface area contributed by atoms with E-state index in [1.165, 1.54) is 6.33 Å². The molecular formula is C17H16F2N6O. The first-order chi connectivity index (χ1) is 12.5. The molecule has 1 saturated heterocycles. The van der Waals surface area contributed by atoms with Crippen molar-refractivity contribution in [2.75, 3.05) is 5.32 Å². The Morgan fingerprint density at radius 3 is 2.85 bits per heavy atom. The van der Waals surface area contributed by atoms with Crippen molar-refractivity contribution >= 4 is 22.6 Å². The topological polar surface area (TPSA) is 84.7 Å². The number of carbonyl (C=O) groups excluding carboxylic acids is 1. The number of rotatable bonds is 3. The third-order valence-corrected chi connectivity index (χ3v) is 4.48. The van der Waals surface area contributed by atoms with Gasteiger partial charge in [-0.3, -0.25) is 9.48 Å². The predicted molar refractivity (Wildman–Crippen MR) is 90.2 cm³/mol. The number of hydrogen-bond acceptors (Lipinski definition) is 5. The van der Waals surface area contributed by atoms with Crippen molar-refractivity contribution in [1.29, 1.82) is 0 Å². The summed E-state index contributed by atoms with van der Waals surface area (Å²) in [6.45, 7) is 0.